The largest absolute Gasteiger partial charge is 0.416 e. The van der Waals surface area contributed by atoms with Crippen LogP contribution in [0.2, 0.25) is 0 Å². The molecular formula is C23H26F3N5O. The van der Waals surface area contributed by atoms with Crippen molar-refractivity contribution in [2.24, 2.45) is 0 Å². The van der Waals surface area contributed by atoms with Crippen LogP contribution in [0, 0.1) is 0 Å². The van der Waals surface area contributed by atoms with E-state index in [0.29, 0.717) is 17.9 Å². The van der Waals surface area contributed by atoms with Gasteiger partial charge < -0.3 is 14.8 Å². The molecule has 2 amide bonds. The molecule has 0 bridgehead atoms. The zero-order valence-electron chi connectivity index (χ0n) is 18.2. The van der Waals surface area contributed by atoms with E-state index in [1.807, 2.05) is 26.8 Å². The maximum Gasteiger partial charge on any atom is 0.416 e. The molecule has 170 valence electrons. The zero-order chi connectivity index (χ0) is 23.4. The average molecular weight is 445 g/mol. The van der Waals surface area contributed by atoms with E-state index >= 15 is 0 Å². The van der Waals surface area contributed by atoms with Crippen molar-refractivity contribution >= 4 is 6.03 Å². The molecule has 0 unspecified atom stereocenters. The number of alkyl halides is 3. The predicted octanol–water partition coefficient (Wildman–Crippen LogP) is 4.86. The summed E-state index contributed by atoms with van der Waals surface area (Å²) >= 11 is 0. The summed E-state index contributed by atoms with van der Waals surface area (Å²) in [4.78, 5) is 23.0. The Morgan fingerprint density at radius 2 is 1.81 bits per heavy atom. The van der Waals surface area contributed by atoms with Crippen molar-refractivity contribution in [3.63, 3.8) is 0 Å². The van der Waals surface area contributed by atoms with Crippen LogP contribution in [0.5, 0.6) is 0 Å². The fourth-order valence-electron chi connectivity index (χ4n) is 3.16. The number of rotatable bonds is 6. The lowest BCUT2D eigenvalue weighted by atomic mass is 10.1. The Morgan fingerprint density at radius 1 is 1.06 bits per heavy atom. The third-order valence-corrected chi connectivity index (χ3v) is 4.61. The minimum absolute atomic E-state index is 0.183. The molecule has 2 aromatic heterocycles. The van der Waals surface area contributed by atoms with Gasteiger partial charge in [-0.05, 0) is 50.1 Å². The number of benzene rings is 1. The molecule has 0 saturated carbocycles. The number of imidazole rings is 1. The maximum absolute atomic E-state index is 13.1. The molecule has 0 aliphatic carbocycles. The van der Waals surface area contributed by atoms with E-state index in [0.717, 1.165) is 17.7 Å². The summed E-state index contributed by atoms with van der Waals surface area (Å²) in [5.74, 6) is 0.565. The average Bonchev–Trinajstić information content (AvgIpc) is 3.13. The number of urea groups is 1. The number of nitrogens with one attached hydrogen (secondary N) is 1. The lowest BCUT2D eigenvalue weighted by molar-refractivity contribution is -0.137. The topological polar surface area (TPSA) is 63.1 Å². The molecule has 32 heavy (non-hydrogen) atoms. The molecule has 0 radical (unpaired) electrons. The second kappa shape index (κ2) is 9.42. The molecule has 0 aliphatic rings. The van der Waals surface area contributed by atoms with Crippen molar-refractivity contribution in [1.82, 2.24) is 24.8 Å². The number of hydrogen-bond donors (Lipinski definition) is 1. The highest BCUT2D eigenvalue weighted by Crippen LogP contribution is 2.29. The van der Waals surface area contributed by atoms with E-state index in [-0.39, 0.29) is 19.1 Å². The first-order chi connectivity index (χ1) is 15.0. The van der Waals surface area contributed by atoms with Gasteiger partial charge in [-0.3, -0.25) is 4.98 Å². The van der Waals surface area contributed by atoms with Crippen LogP contribution < -0.4 is 5.32 Å². The van der Waals surface area contributed by atoms with Gasteiger partial charge in [0.25, 0.3) is 0 Å². The van der Waals surface area contributed by atoms with Crippen LogP contribution in [-0.2, 0) is 25.8 Å². The molecule has 3 aromatic rings. The van der Waals surface area contributed by atoms with E-state index in [2.05, 4.69) is 15.3 Å². The van der Waals surface area contributed by atoms with Crippen molar-refractivity contribution in [3.8, 4) is 0 Å². The van der Waals surface area contributed by atoms with Gasteiger partial charge in [0, 0.05) is 43.4 Å². The number of pyridine rings is 1. The number of amides is 2. The maximum atomic E-state index is 13.1. The normalized spacial score (nSPS) is 11.9. The Hall–Kier alpha value is -3.36. The standard InChI is InChI=1S/C23H26F3N5O/c1-22(2,3)29-21(32)31(15-18-7-5-9-27-13-18)16-20-28-10-11-30(20)14-17-6-4-8-19(12-17)23(24,25)26/h4-13H,14-16H2,1-3H3,(H,29,32). The van der Waals surface area contributed by atoms with Gasteiger partial charge in [-0.1, -0.05) is 18.2 Å². The van der Waals surface area contributed by atoms with Gasteiger partial charge >= 0.3 is 12.2 Å². The molecule has 0 spiro atoms. The van der Waals surface area contributed by atoms with E-state index in [4.69, 9.17) is 0 Å². The van der Waals surface area contributed by atoms with Gasteiger partial charge in [0.1, 0.15) is 5.82 Å². The minimum atomic E-state index is -4.40. The highest BCUT2D eigenvalue weighted by molar-refractivity contribution is 5.74. The summed E-state index contributed by atoms with van der Waals surface area (Å²) in [5, 5.41) is 2.95. The Morgan fingerprint density at radius 3 is 2.47 bits per heavy atom. The summed E-state index contributed by atoms with van der Waals surface area (Å²) < 4.78 is 40.9. The Labute approximate surface area is 185 Å². The number of hydrogen-bond acceptors (Lipinski definition) is 3. The van der Waals surface area contributed by atoms with Gasteiger partial charge in [-0.25, -0.2) is 9.78 Å². The first-order valence-electron chi connectivity index (χ1n) is 10.1. The quantitative estimate of drug-likeness (QED) is 0.590. The molecular weight excluding hydrogens is 419 g/mol. The fourth-order valence-corrected chi connectivity index (χ4v) is 3.16. The summed E-state index contributed by atoms with van der Waals surface area (Å²) in [6, 6.07) is 8.60. The molecule has 0 fully saturated rings. The molecule has 1 N–H and O–H groups in total. The van der Waals surface area contributed by atoms with Crippen LogP contribution in [0.1, 0.15) is 43.3 Å². The molecule has 0 atom stereocenters. The number of carbonyl (C=O) groups excluding carboxylic acids is 1. The van der Waals surface area contributed by atoms with Crippen LogP contribution in [0.15, 0.2) is 61.2 Å². The van der Waals surface area contributed by atoms with Gasteiger partial charge in [0.15, 0.2) is 0 Å². The van der Waals surface area contributed by atoms with Crippen molar-refractivity contribution in [2.45, 2.75) is 52.1 Å². The molecule has 0 saturated heterocycles. The van der Waals surface area contributed by atoms with Crippen molar-refractivity contribution in [1.29, 1.82) is 0 Å². The molecule has 1 aromatic carbocycles. The second-order valence-electron chi connectivity index (χ2n) is 8.57. The van der Waals surface area contributed by atoms with E-state index < -0.39 is 17.3 Å². The Balaban J connectivity index is 1.82. The highest BCUT2D eigenvalue weighted by atomic mass is 19.4. The monoisotopic (exact) mass is 445 g/mol. The van der Waals surface area contributed by atoms with Gasteiger partial charge in [-0.15, -0.1) is 0 Å². The molecule has 0 aliphatic heterocycles. The van der Waals surface area contributed by atoms with Crippen LogP contribution in [0.4, 0.5) is 18.0 Å². The first-order valence-corrected chi connectivity index (χ1v) is 10.1. The van der Waals surface area contributed by atoms with E-state index in [9.17, 15) is 18.0 Å². The lowest BCUT2D eigenvalue weighted by Gasteiger charge is -2.28. The molecule has 9 heteroatoms. The number of aromatic nitrogens is 3. The summed E-state index contributed by atoms with van der Waals surface area (Å²) in [7, 11) is 0. The zero-order valence-corrected chi connectivity index (χ0v) is 18.2. The number of halogens is 3. The Kier molecular flexibility index (Phi) is 6.86. The van der Waals surface area contributed by atoms with Crippen molar-refractivity contribution in [2.75, 3.05) is 0 Å². The predicted molar refractivity (Wildman–Crippen MR) is 115 cm³/mol. The number of carbonyl (C=O) groups is 1. The van der Waals surface area contributed by atoms with Gasteiger partial charge in [0.05, 0.1) is 12.1 Å². The van der Waals surface area contributed by atoms with E-state index in [1.54, 1.807) is 46.4 Å². The van der Waals surface area contributed by atoms with Crippen molar-refractivity contribution in [3.05, 3.63) is 83.7 Å². The fraction of sp³-hybridized carbons (Fsp3) is 0.348. The van der Waals surface area contributed by atoms with Crippen molar-refractivity contribution < 1.29 is 18.0 Å². The lowest BCUT2D eigenvalue weighted by Crippen LogP contribution is -2.48. The van der Waals surface area contributed by atoms with Gasteiger partial charge in [0.2, 0.25) is 0 Å². The summed E-state index contributed by atoms with van der Waals surface area (Å²) in [6.07, 6.45) is 2.21. The molecule has 3 rings (SSSR count). The highest BCUT2D eigenvalue weighted by Gasteiger charge is 2.30. The molecule has 2 heterocycles. The van der Waals surface area contributed by atoms with Gasteiger partial charge in [-0.2, -0.15) is 13.2 Å². The third kappa shape index (κ3) is 6.57. The van der Waals surface area contributed by atoms with Crippen LogP contribution in [-0.4, -0.2) is 31.0 Å². The van der Waals surface area contributed by atoms with Crippen LogP contribution in [0.25, 0.3) is 0 Å². The third-order valence-electron chi connectivity index (χ3n) is 4.61. The van der Waals surface area contributed by atoms with Crippen LogP contribution in [0.3, 0.4) is 0 Å². The first kappa shape index (κ1) is 23.3. The summed E-state index contributed by atoms with van der Waals surface area (Å²) in [6.45, 7) is 6.38. The molecule has 6 nitrogen and oxygen atoms in total. The minimum Gasteiger partial charge on any atom is -0.333 e. The van der Waals surface area contributed by atoms with Crippen LogP contribution >= 0.6 is 0 Å². The summed E-state index contributed by atoms with van der Waals surface area (Å²) in [5.41, 5.74) is 0.224. The SMILES string of the molecule is CC(C)(C)NC(=O)N(Cc1cccnc1)Cc1nccn1Cc1cccc(C(F)(F)F)c1. The Bertz CT molecular complexity index is 1040. The smallest absolute Gasteiger partial charge is 0.333 e. The number of nitrogens with zero attached hydrogens (tertiary/aromatic N) is 4. The second-order valence-corrected chi connectivity index (χ2v) is 8.57. The van der Waals surface area contributed by atoms with E-state index in [1.165, 1.54) is 6.07 Å².